The molecule has 2 aliphatic rings. The number of aryl methyl sites for hydroxylation is 1. The van der Waals surface area contributed by atoms with Crippen molar-refractivity contribution in [2.24, 2.45) is 0 Å². The molecule has 1 aliphatic heterocycles. The van der Waals surface area contributed by atoms with Crippen molar-refractivity contribution in [2.45, 2.75) is 37.6 Å². The fourth-order valence-corrected chi connectivity index (χ4v) is 4.77. The predicted octanol–water partition coefficient (Wildman–Crippen LogP) is 1.35. The van der Waals surface area contributed by atoms with Gasteiger partial charge in [-0.25, -0.2) is 8.42 Å². The van der Waals surface area contributed by atoms with Crippen LogP contribution in [0.2, 0.25) is 0 Å². The van der Waals surface area contributed by atoms with Crippen LogP contribution in [0, 0.1) is 13.8 Å². The van der Waals surface area contributed by atoms with E-state index in [0.29, 0.717) is 35.3 Å². The molecule has 1 aliphatic carbocycles. The maximum absolute atomic E-state index is 12.9. The number of nitrogen functional groups attached to an aromatic ring is 1. The summed E-state index contributed by atoms with van der Waals surface area (Å²) in [4.78, 5) is 2.77. The first-order valence-corrected chi connectivity index (χ1v) is 8.94. The van der Waals surface area contributed by atoms with Gasteiger partial charge in [0.1, 0.15) is 0 Å². The van der Waals surface area contributed by atoms with Gasteiger partial charge in [0.05, 0.1) is 4.90 Å². The lowest BCUT2D eigenvalue weighted by atomic mass is 10.1. The maximum atomic E-state index is 12.9. The van der Waals surface area contributed by atoms with Gasteiger partial charge in [0, 0.05) is 37.9 Å². The molecule has 3 rings (SSSR count). The molecule has 6 heteroatoms. The van der Waals surface area contributed by atoms with Gasteiger partial charge in [-0.1, -0.05) is 0 Å². The van der Waals surface area contributed by atoms with E-state index in [0.717, 1.165) is 18.7 Å². The average Bonchev–Trinajstić information content (AvgIpc) is 3.27. The van der Waals surface area contributed by atoms with Crippen molar-refractivity contribution in [3.05, 3.63) is 23.3 Å². The Bertz CT molecular complexity index is 645. The van der Waals surface area contributed by atoms with Gasteiger partial charge < -0.3 is 5.73 Å². The molecule has 1 saturated carbocycles. The van der Waals surface area contributed by atoms with Crippen molar-refractivity contribution in [1.29, 1.82) is 0 Å². The molecule has 0 radical (unpaired) electrons. The molecular weight excluding hydrogens is 286 g/mol. The van der Waals surface area contributed by atoms with Gasteiger partial charge in [0.15, 0.2) is 0 Å². The number of hydrogen-bond donors (Lipinski definition) is 1. The summed E-state index contributed by atoms with van der Waals surface area (Å²) in [6.45, 7) is 6.48. The molecule has 21 heavy (non-hydrogen) atoms. The average molecular weight is 309 g/mol. The molecule has 1 heterocycles. The quantitative estimate of drug-likeness (QED) is 0.856. The number of benzene rings is 1. The third-order valence-corrected chi connectivity index (χ3v) is 6.52. The Morgan fingerprint density at radius 3 is 2.29 bits per heavy atom. The number of hydrogen-bond acceptors (Lipinski definition) is 4. The number of nitrogens with two attached hydrogens (primary N) is 1. The molecular formula is C15H23N3O2S. The minimum absolute atomic E-state index is 0.361. The minimum atomic E-state index is -3.44. The van der Waals surface area contributed by atoms with Crippen LogP contribution in [-0.2, 0) is 10.0 Å². The molecule has 0 atom stereocenters. The van der Waals surface area contributed by atoms with Crippen LogP contribution in [0.25, 0.3) is 0 Å². The molecule has 5 nitrogen and oxygen atoms in total. The molecule has 0 unspecified atom stereocenters. The summed E-state index contributed by atoms with van der Waals surface area (Å²) in [5.74, 6) is 0. The predicted molar refractivity (Wildman–Crippen MR) is 83.7 cm³/mol. The second kappa shape index (κ2) is 5.26. The van der Waals surface area contributed by atoms with Gasteiger partial charge in [0.25, 0.3) is 0 Å². The van der Waals surface area contributed by atoms with E-state index >= 15 is 0 Å². The van der Waals surface area contributed by atoms with Crippen LogP contribution in [0.3, 0.4) is 0 Å². The topological polar surface area (TPSA) is 66.6 Å². The molecule has 1 aromatic carbocycles. The number of anilines is 1. The van der Waals surface area contributed by atoms with Gasteiger partial charge in [-0.2, -0.15) is 4.31 Å². The van der Waals surface area contributed by atoms with E-state index < -0.39 is 10.0 Å². The van der Waals surface area contributed by atoms with Gasteiger partial charge >= 0.3 is 0 Å². The lowest BCUT2D eigenvalue weighted by Gasteiger charge is -2.34. The largest absolute Gasteiger partial charge is 0.398 e. The Hall–Kier alpha value is -1.11. The highest BCUT2D eigenvalue weighted by Crippen LogP contribution is 2.30. The third kappa shape index (κ3) is 2.80. The first-order chi connectivity index (χ1) is 9.89. The highest BCUT2D eigenvalue weighted by molar-refractivity contribution is 7.89. The Morgan fingerprint density at radius 1 is 1.10 bits per heavy atom. The molecule has 0 amide bonds. The molecule has 116 valence electrons. The van der Waals surface area contributed by atoms with Crippen LogP contribution in [0.5, 0.6) is 0 Å². The highest BCUT2D eigenvalue weighted by atomic mass is 32.2. The number of piperazine rings is 1. The Labute approximate surface area is 126 Å². The van der Waals surface area contributed by atoms with Crippen molar-refractivity contribution < 1.29 is 8.42 Å². The lowest BCUT2D eigenvalue weighted by molar-refractivity contribution is 0.180. The van der Waals surface area contributed by atoms with E-state index in [1.165, 1.54) is 12.8 Å². The van der Waals surface area contributed by atoms with Crippen molar-refractivity contribution in [1.82, 2.24) is 9.21 Å². The summed E-state index contributed by atoms with van der Waals surface area (Å²) >= 11 is 0. The summed E-state index contributed by atoms with van der Waals surface area (Å²) in [5, 5.41) is 0. The van der Waals surface area contributed by atoms with E-state index in [1.807, 2.05) is 13.0 Å². The summed E-state index contributed by atoms with van der Waals surface area (Å²) in [5.41, 5.74) is 8.01. The molecule has 1 saturated heterocycles. The zero-order chi connectivity index (χ0) is 15.2. The van der Waals surface area contributed by atoms with Crippen LogP contribution < -0.4 is 5.73 Å². The van der Waals surface area contributed by atoms with E-state index in [4.69, 9.17) is 5.73 Å². The van der Waals surface area contributed by atoms with Crippen molar-refractivity contribution in [2.75, 3.05) is 31.9 Å². The Kier molecular flexibility index (Phi) is 3.71. The first-order valence-electron chi connectivity index (χ1n) is 7.50. The molecule has 2 fully saturated rings. The number of sulfonamides is 1. The SMILES string of the molecule is Cc1cc(N)c(C)c(S(=O)(=O)N2CCN(C3CC3)CC2)c1. The smallest absolute Gasteiger partial charge is 0.243 e. The second-order valence-corrected chi connectivity index (χ2v) is 8.05. The van der Waals surface area contributed by atoms with E-state index in [1.54, 1.807) is 17.3 Å². The summed E-state index contributed by atoms with van der Waals surface area (Å²) in [6, 6.07) is 4.25. The first kappa shape index (κ1) is 14.8. The van der Waals surface area contributed by atoms with Gasteiger partial charge in [0.2, 0.25) is 10.0 Å². The van der Waals surface area contributed by atoms with Crippen LogP contribution in [0.4, 0.5) is 5.69 Å². The summed E-state index contributed by atoms with van der Waals surface area (Å²) < 4.78 is 27.3. The van der Waals surface area contributed by atoms with Crippen LogP contribution in [0.15, 0.2) is 17.0 Å². The third-order valence-electron chi connectivity index (χ3n) is 4.50. The molecule has 2 N–H and O–H groups in total. The van der Waals surface area contributed by atoms with Crippen molar-refractivity contribution >= 4 is 15.7 Å². The van der Waals surface area contributed by atoms with Crippen LogP contribution in [-0.4, -0.2) is 49.8 Å². The van der Waals surface area contributed by atoms with Crippen molar-refractivity contribution in [3.8, 4) is 0 Å². The number of rotatable bonds is 3. The number of nitrogens with zero attached hydrogens (tertiary/aromatic N) is 2. The summed E-state index contributed by atoms with van der Waals surface area (Å²) in [6.07, 6.45) is 2.53. The standard InChI is InChI=1S/C15H23N3O2S/c1-11-9-14(16)12(2)15(10-11)21(19,20)18-7-5-17(6-8-18)13-3-4-13/h9-10,13H,3-8,16H2,1-2H3. The summed E-state index contributed by atoms with van der Waals surface area (Å²) in [7, 11) is -3.44. The second-order valence-electron chi connectivity index (χ2n) is 6.15. The normalized spacial score (nSPS) is 21.6. The fraction of sp³-hybridized carbons (Fsp3) is 0.600. The van der Waals surface area contributed by atoms with Crippen LogP contribution in [0.1, 0.15) is 24.0 Å². The molecule has 0 bridgehead atoms. The van der Waals surface area contributed by atoms with E-state index in [9.17, 15) is 8.42 Å². The zero-order valence-corrected chi connectivity index (χ0v) is 13.5. The van der Waals surface area contributed by atoms with Gasteiger partial charge in [-0.05, 0) is 49.9 Å². The van der Waals surface area contributed by atoms with Gasteiger partial charge in [-0.15, -0.1) is 0 Å². The monoisotopic (exact) mass is 309 g/mol. The van der Waals surface area contributed by atoms with Gasteiger partial charge in [-0.3, -0.25) is 4.90 Å². The molecule has 0 spiro atoms. The Balaban J connectivity index is 1.84. The maximum Gasteiger partial charge on any atom is 0.243 e. The fourth-order valence-electron chi connectivity index (χ4n) is 3.01. The van der Waals surface area contributed by atoms with E-state index in [-0.39, 0.29) is 0 Å². The highest BCUT2D eigenvalue weighted by Gasteiger charge is 2.35. The minimum Gasteiger partial charge on any atom is -0.398 e. The molecule has 1 aromatic rings. The van der Waals surface area contributed by atoms with Crippen molar-refractivity contribution in [3.63, 3.8) is 0 Å². The van der Waals surface area contributed by atoms with E-state index in [2.05, 4.69) is 4.90 Å². The zero-order valence-electron chi connectivity index (χ0n) is 12.7. The van der Waals surface area contributed by atoms with Crippen LogP contribution >= 0.6 is 0 Å². The Morgan fingerprint density at radius 2 is 1.71 bits per heavy atom. The lowest BCUT2D eigenvalue weighted by Crippen LogP contribution is -2.49. The molecule has 0 aromatic heterocycles.